The lowest BCUT2D eigenvalue weighted by atomic mass is 9.92. The van der Waals surface area contributed by atoms with Crippen LogP contribution in [0.15, 0.2) is 72.9 Å². The van der Waals surface area contributed by atoms with E-state index in [-0.39, 0.29) is 18.5 Å². The molecule has 2 aromatic carbocycles. The Labute approximate surface area is 190 Å². The van der Waals surface area contributed by atoms with Gasteiger partial charge in [-0.15, -0.1) is 0 Å². The molecule has 1 aromatic heterocycles. The molecule has 0 spiro atoms. The molecule has 0 radical (unpaired) electrons. The van der Waals surface area contributed by atoms with Crippen LogP contribution >= 0.6 is 0 Å². The average molecular weight is 446 g/mol. The van der Waals surface area contributed by atoms with Crippen molar-refractivity contribution in [3.05, 3.63) is 95.6 Å². The lowest BCUT2D eigenvalue weighted by Gasteiger charge is -2.38. The minimum Gasteiger partial charge on any atom is -0.348 e. The summed E-state index contributed by atoms with van der Waals surface area (Å²) < 4.78 is 15.5. The van der Waals surface area contributed by atoms with Crippen molar-refractivity contribution in [1.82, 2.24) is 19.7 Å². The molecule has 2 unspecified atom stereocenters. The van der Waals surface area contributed by atoms with Gasteiger partial charge in [-0.3, -0.25) is 14.5 Å². The van der Waals surface area contributed by atoms with Gasteiger partial charge in [-0.1, -0.05) is 42.5 Å². The summed E-state index contributed by atoms with van der Waals surface area (Å²) in [7, 11) is 0. The van der Waals surface area contributed by atoms with Gasteiger partial charge in [0.05, 0.1) is 6.04 Å². The summed E-state index contributed by atoms with van der Waals surface area (Å²) in [5.74, 6) is -1.29. The van der Waals surface area contributed by atoms with Crippen molar-refractivity contribution in [3.8, 4) is 0 Å². The van der Waals surface area contributed by atoms with Gasteiger partial charge in [-0.2, -0.15) is 0 Å². The molecule has 2 aliphatic heterocycles. The highest BCUT2D eigenvalue weighted by Crippen LogP contribution is 2.33. The second-order valence-corrected chi connectivity index (χ2v) is 8.48. The van der Waals surface area contributed by atoms with E-state index >= 15 is 0 Å². The summed E-state index contributed by atoms with van der Waals surface area (Å²) in [6.07, 6.45) is 1.98. The Balaban J connectivity index is 1.41. The third-order valence-electron chi connectivity index (χ3n) is 6.46. The molecule has 0 aliphatic carbocycles. The van der Waals surface area contributed by atoms with Gasteiger partial charge in [0.25, 0.3) is 5.91 Å². The fourth-order valence-corrected chi connectivity index (χ4v) is 4.68. The van der Waals surface area contributed by atoms with Crippen LogP contribution in [0.4, 0.5) is 9.18 Å². The molecule has 0 saturated carbocycles. The Hall–Kier alpha value is -3.94. The molecule has 2 atom stereocenters. The number of rotatable bonds is 4. The number of nitrogens with one attached hydrogen (secondary N) is 1. The molecule has 0 bridgehead atoms. The van der Waals surface area contributed by atoms with Crippen LogP contribution in [0.25, 0.3) is 0 Å². The van der Waals surface area contributed by atoms with Gasteiger partial charge in [0.2, 0.25) is 5.91 Å². The fraction of sp³-hybridized carbons (Fsp3) is 0.240. The minimum atomic E-state index is -1.36. The van der Waals surface area contributed by atoms with Crippen molar-refractivity contribution in [1.29, 1.82) is 0 Å². The van der Waals surface area contributed by atoms with Crippen LogP contribution in [0.1, 0.15) is 29.8 Å². The molecular weight excluding hydrogens is 423 g/mol. The zero-order valence-corrected chi connectivity index (χ0v) is 18.1. The first kappa shape index (κ1) is 20.9. The van der Waals surface area contributed by atoms with Gasteiger partial charge < -0.3 is 14.8 Å². The molecular formula is C25H23FN4O3. The first-order valence-corrected chi connectivity index (χ1v) is 10.8. The quantitative estimate of drug-likeness (QED) is 0.626. The summed E-state index contributed by atoms with van der Waals surface area (Å²) in [6.45, 7) is 2.28. The third-order valence-corrected chi connectivity index (χ3v) is 6.46. The Morgan fingerprint density at radius 1 is 1.03 bits per heavy atom. The fourth-order valence-electron chi connectivity index (χ4n) is 4.68. The minimum absolute atomic E-state index is 0.313. The Morgan fingerprint density at radius 3 is 2.48 bits per heavy atom. The number of hydrogen-bond acceptors (Lipinski definition) is 3. The maximum Gasteiger partial charge on any atom is 0.325 e. The highest BCUT2D eigenvalue weighted by Gasteiger charge is 2.50. The number of hydrogen-bond donors (Lipinski definition) is 1. The van der Waals surface area contributed by atoms with E-state index in [1.807, 2.05) is 48.7 Å². The third kappa shape index (κ3) is 3.47. The number of imide groups is 1. The lowest BCUT2D eigenvalue weighted by Crippen LogP contribution is -2.48. The second-order valence-electron chi connectivity index (χ2n) is 8.48. The zero-order chi connectivity index (χ0) is 23.2. The molecule has 1 N–H and O–H groups in total. The standard InChI is InChI=1S/C25H23FN4O3/c1-25(18-9-11-19(26)12-10-18)23(32)30(24(33)27-25)16-21(31)29-15-14-28-13-5-8-20(28)22(29)17-6-3-2-4-7-17/h2-13,22H,14-16H2,1H3,(H,27,33). The molecule has 8 heteroatoms. The topological polar surface area (TPSA) is 74.7 Å². The predicted molar refractivity (Wildman–Crippen MR) is 118 cm³/mol. The zero-order valence-electron chi connectivity index (χ0n) is 18.1. The predicted octanol–water partition coefficient (Wildman–Crippen LogP) is 3.03. The molecule has 168 valence electrons. The van der Waals surface area contributed by atoms with Crippen LogP contribution in [-0.2, 0) is 21.7 Å². The van der Waals surface area contributed by atoms with Crippen LogP contribution in [-0.4, -0.2) is 45.3 Å². The molecule has 33 heavy (non-hydrogen) atoms. The van der Waals surface area contributed by atoms with E-state index in [9.17, 15) is 18.8 Å². The summed E-state index contributed by atoms with van der Waals surface area (Å²) in [6, 6.07) is 18.1. The number of carbonyl (C=O) groups excluding carboxylic acids is 3. The smallest absolute Gasteiger partial charge is 0.325 e. The Kier molecular flexibility index (Phi) is 5.00. The van der Waals surface area contributed by atoms with Crippen LogP contribution < -0.4 is 5.32 Å². The van der Waals surface area contributed by atoms with E-state index in [0.717, 1.165) is 16.2 Å². The van der Waals surface area contributed by atoms with Crippen LogP contribution in [0.3, 0.4) is 0 Å². The van der Waals surface area contributed by atoms with E-state index in [0.29, 0.717) is 18.7 Å². The molecule has 3 aromatic rings. The summed E-state index contributed by atoms with van der Waals surface area (Å²) in [5.41, 5.74) is 1.03. The summed E-state index contributed by atoms with van der Waals surface area (Å²) in [4.78, 5) is 42.0. The SMILES string of the molecule is CC1(c2ccc(F)cc2)NC(=O)N(CC(=O)N2CCn3cccc3C2c2ccccc2)C1=O. The van der Waals surface area contributed by atoms with E-state index < -0.39 is 23.3 Å². The van der Waals surface area contributed by atoms with Crippen LogP contribution in [0.5, 0.6) is 0 Å². The van der Waals surface area contributed by atoms with Crippen molar-refractivity contribution in [3.63, 3.8) is 0 Å². The number of benzene rings is 2. The monoisotopic (exact) mass is 446 g/mol. The number of fused-ring (bicyclic) bond motifs is 1. The van der Waals surface area contributed by atoms with Gasteiger partial charge in [0, 0.05) is 25.0 Å². The summed E-state index contributed by atoms with van der Waals surface area (Å²) in [5, 5.41) is 2.67. The van der Waals surface area contributed by atoms with Gasteiger partial charge >= 0.3 is 6.03 Å². The maximum atomic E-state index is 13.4. The number of halogens is 1. The van der Waals surface area contributed by atoms with E-state index in [4.69, 9.17) is 0 Å². The average Bonchev–Trinajstić information content (AvgIpc) is 3.38. The summed E-state index contributed by atoms with van der Waals surface area (Å²) >= 11 is 0. The van der Waals surface area contributed by atoms with Crippen molar-refractivity contribution in [2.45, 2.75) is 25.0 Å². The number of urea groups is 1. The van der Waals surface area contributed by atoms with Gasteiger partial charge in [0.15, 0.2) is 0 Å². The van der Waals surface area contributed by atoms with E-state index in [2.05, 4.69) is 9.88 Å². The van der Waals surface area contributed by atoms with Crippen LogP contribution in [0, 0.1) is 5.82 Å². The van der Waals surface area contributed by atoms with Gasteiger partial charge in [-0.25, -0.2) is 9.18 Å². The first-order chi connectivity index (χ1) is 15.9. The highest BCUT2D eigenvalue weighted by atomic mass is 19.1. The molecule has 3 heterocycles. The number of nitrogens with zero attached hydrogens (tertiary/aromatic N) is 3. The maximum absolute atomic E-state index is 13.4. The normalized spacial score (nSPS) is 22.3. The van der Waals surface area contributed by atoms with Crippen molar-refractivity contribution < 1.29 is 18.8 Å². The highest BCUT2D eigenvalue weighted by molar-refractivity contribution is 6.09. The van der Waals surface area contributed by atoms with Gasteiger partial charge in [-0.05, 0) is 42.3 Å². The number of carbonyl (C=O) groups is 3. The van der Waals surface area contributed by atoms with E-state index in [1.165, 1.54) is 24.3 Å². The molecule has 2 aliphatic rings. The van der Waals surface area contributed by atoms with Gasteiger partial charge in [0.1, 0.15) is 17.9 Å². The van der Waals surface area contributed by atoms with Crippen molar-refractivity contribution >= 4 is 17.8 Å². The van der Waals surface area contributed by atoms with Crippen molar-refractivity contribution in [2.75, 3.05) is 13.1 Å². The van der Waals surface area contributed by atoms with E-state index in [1.54, 1.807) is 11.8 Å². The Bertz CT molecular complexity index is 1220. The number of amides is 4. The van der Waals surface area contributed by atoms with Crippen molar-refractivity contribution in [2.24, 2.45) is 0 Å². The molecule has 5 rings (SSSR count). The first-order valence-electron chi connectivity index (χ1n) is 10.8. The lowest BCUT2D eigenvalue weighted by molar-refractivity contribution is -0.140. The number of aromatic nitrogens is 1. The molecule has 1 fully saturated rings. The second kappa shape index (κ2) is 7.88. The molecule has 4 amide bonds. The van der Waals surface area contributed by atoms with Crippen LogP contribution in [0.2, 0.25) is 0 Å². The largest absolute Gasteiger partial charge is 0.348 e. The molecule has 1 saturated heterocycles. The molecule has 7 nitrogen and oxygen atoms in total. The Morgan fingerprint density at radius 2 is 1.76 bits per heavy atom.